The normalized spacial score (nSPS) is 24.4. The van der Waals surface area contributed by atoms with Crippen LogP contribution in [0, 0.1) is 11.8 Å². The zero-order chi connectivity index (χ0) is 25.4. The molecule has 0 amide bonds. The van der Waals surface area contributed by atoms with Gasteiger partial charge in [-0.25, -0.2) is 0 Å². The topological polar surface area (TPSA) is 13.0 Å². The molecular formula is C34H34N4. The second-order valence-electron chi connectivity index (χ2n) is 11.6. The minimum Gasteiger partial charge on any atom is -0.355 e. The second-order valence-corrected chi connectivity index (χ2v) is 11.6. The third-order valence-electron chi connectivity index (χ3n) is 9.63. The lowest BCUT2D eigenvalue weighted by Gasteiger charge is -2.52. The highest BCUT2D eigenvalue weighted by molar-refractivity contribution is 5.77. The van der Waals surface area contributed by atoms with Crippen LogP contribution >= 0.6 is 0 Å². The predicted octanol–water partition coefficient (Wildman–Crippen LogP) is 6.34. The lowest BCUT2D eigenvalue weighted by molar-refractivity contribution is 0.236. The van der Waals surface area contributed by atoms with Gasteiger partial charge in [-0.3, -0.25) is 0 Å². The van der Waals surface area contributed by atoms with Gasteiger partial charge in [0.15, 0.2) is 0 Å². The van der Waals surface area contributed by atoms with Crippen molar-refractivity contribution < 1.29 is 0 Å². The summed E-state index contributed by atoms with van der Waals surface area (Å²) < 4.78 is 0. The fourth-order valence-electron chi connectivity index (χ4n) is 8.13. The Hall–Kier alpha value is -3.92. The number of hydrogen-bond acceptors (Lipinski definition) is 4. The van der Waals surface area contributed by atoms with E-state index in [0.29, 0.717) is 23.7 Å². The van der Waals surface area contributed by atoms with Crippen LogP contribution in [0.4, 0.5) is 22.7 Å². The number of para-hydroxylation sites is 4. The van der Waals surface area contributed by atoms with Gasteiger partial charge in [0.2, 0.25) is 0 Å². The van der Waals surface area contributed by atoms with Crippen molar-refractivity contribution in [3.63, 3.8) is 0 Å². The number of benzene rings is 4. The number of nitrogens with zero attached hydrogens (tertiary/aromatic N) is 4. The van der Waals surface area contributed by atoms with Gasteiger partial charge in [0, 0.05) is 39.0 Å². The van der Waals surface area contributed by atoms with E-state index in [1.54, 1.807) is 22.3 Å². The van der Waals surface area contributed by atoms with Crippen molar-refractivity contribution in [3.05, 3.63) is 119 Å². The Kier molecular flexibility index (Phi) is 4.82. The molecule has 2 heterocycles. The highest BCUT2D eigenvalue weighted by Gasteiger charge is 2.51. The van der Waals surface area contributed by atoms with Gasteiger partial charge in [-0.05, 0) is 58.4 Å². The molecule has 2 unspecified atom stereocenters. The molecule has 2 bridgehead atoms. The second kappa shape index (κ2) is 8.29. The van der Waals surface area contributed by atoms with E-state index in [4.69, 9.17) is 0 Å². The third-order valence-corrected chi connectivity index (χ3v) is 9.63. The molecule has 0 saturated heterocycles. The van der Waals surface area contributed by atoms with Crippen molar-refractivity contribution in [1.29, 1.82) is 0 Å². The van der Waals surface area contributed by atoms with E-state index in [0.717, 1.165) is 26.4 Å². The molecule has 3 aliphatic carbocycles. The third kappa shape index (κ3) is 3.09. The van der Waals surface area contributed by atoms with Crippen molar-refractivity contribution in [2.75, 3.05) is 60.1 Å². The predicted molar refractivity (Wildman–Crippen MR) is 158 cm³/mol. The first kappa shape index (κ1) is 22.1. The van der Waals surface area contributed by atoms with Crippen molar-refractivity contribution in [1.82, 2.24) is 0 Å². The summed E-state index contributed by atoms with van der Waals surface area (Å²) in [4.78, 5) is 10.1. The Bertz CT molecular complexity index is 1370. The quantitative estimate of drug-likeness (QED) is 0.326. The molecular weight excluding hydrogens is 464 g/mol. The molecule has 4 aromatic rings. The van der Waals surface area contributed by atoms with Crippen molar-refractivity contribution >= 4 is 22.7 Å². The summed E-state index contributed by atoms with van der Waals surface area (Å²) in [6.45, 7) is 4.05. The van der Waals surface area contributed by atoms with E-state index in [9.17, 15) is 0 Å². The molecule has 9 rings (SSSR count). The zero-order valence-electron chi connectivity index (χ0n) is 22.2. The summed E-state index contributed by atoms with van der Waals surface area (Å²) in [7, 11) is 4.45. The molecule has 0 saturated carbocycles. The summed E-state index contributed by atoms with van der Waals surface area (Å²) >= 11 is 0. The molecule has 0 spiro atoms. The molecule has 190 valence electrons. The van der Waals surface area contributed by atoms with Gasteiger partial charge in [0.05, 0.1) is 36.1 Å². The average Bonchev–Trinajstić information content (AvgIpc) is 3.45. The van der Waals surface area contributed by atoms with E-state index in [1.165, 1.54) is 22.7 Å². The molecule has 5 aliphatic rings. The molecule has 2 atom stereocenters. The lowest BCUT2D eigenvalue weighted by atomic mass is 9.54. The summed E-state index contributed by atoms with van der Waals surface area (Å²) in [5.41, 5.74) is 11.7. The first-order valence-electron chi connectivity index (χ1n) is 14.0. The minimum atomic E-state index is 0.422. The Morgan fingerprint density at radius 2 is 0.789 bits per heavy atom. The van der Waals surface area contributed by atoms with E-state index in [-0.39, 0.29) is 0 Å². The van der Waals surface area contributed by atoms with E-state index < -0.39 is 0 Å². The summed E-state index contributed by atoms with van der Waals surface area (Å²) in [6.07, 6.45) is 0. The number of hydrogen-bond donors (Lipinski definition) is 0. The summed E-state index contributed by atoms with van der Waals surface area (Å²) in [5, 5.41) is 0. The Morgan fingerprint density at radius 3 is 1.16 bits per heavy atom. The molecule has 0 fully saturated rings. The van der Waals surface area contributed by atoms with Gasteiger partial charge < -0.3 is 19.6 Å². The molecule has 0 aromatic heterocycles. The monoisotopic (exact) mass is 498 g/mol. The Morgan fingerprint density at radius 1 is 0.474 bits per heavy atom. The molecule has 38 heavy (non-hydrogen) atoms. The van der Waals surface area contributed by atoms with Gasteiger partial charge in [0.1, 0.15) is 0 Å². The van der Waals surface area contributed by atoms with E-state index in [2.05, 4.69) is 131 Å². The molecule has 2 aliphatic heterocycles. The molecule has 4 nitrogen and oxygen atoms in total. The van der Waals surface area contributed by atoms with Crippen LogP contribution in [0.1, 0.15) is 34.1 Å². The maximum atomic E-state index is 2.64. The van der Waals surface area contributed by atoms with Crippen LogP contribution in [-0.2, 0) is 0 Å². The van der Waals surface area contributed by atoms with Crippen molar-refractivity contribution in [2.45, 2.75) is 11.8 Å². The summed E-state index contributed by atoms with van der Waals surface area (Å²) in [5.74, 6) is 1.90. The standard InChI is InChI=1S/C34H34N4/c1-35-21-37(31-17-9-7-15-29(31)35)19-27-28(20-38-22-36(2)30-16-8-10-18-32(30)38)34-25-13-5-3-11-23(25)33(27)24-12-4-6-14-26(24)34/h3-18,27-28,33-34H,19-22H2,1-2H3. The van der Waals surface area contributed by atoms with Crippen LogP contribution in [-0.4, -0.2) is 40.5 Å². The van der Waals surface area contributed by atoms with Gasteiger partial charge in [0.25, 0.3) is 0 Å². The van der Waals surface area contributed by atoms with Crippen LogP contribution in [0.3, 0.4) is 0 Å². The largest absolute Gasteiger partial charge is 0.355 e. The maximum Gasteiger partial charge on any atom is 0.0901 e. The maximum absolute atomic E-state index is 2.64. The van der Waals surface area contributed by atoms with Crippen molar-refractivity contribution in [3.8, 4) is 0 Å². The highest BCUT2D eigenvalue weighted by atomic mass is 15.4. The number of fused-ring (bicyclic) bond motifs is 3. The van der Waals surface area contributed by atoms with Gasteiger partial charge in [-0.15, -0.1) is 0 Å². The SMILES string of the molecule is CN1CN(CC2C3c4ccccc4C(c4ccccc43)C2CN2CN(C)c3ccccc32)c2ccccc21. The van der Waals surface area contributed by atoms with Crippen LogP contribution in [0.5, 0.6) is 0 Å². The Balaban J connectivity index is 1.25. The van der Waals surface area contributed by atoms with Gasteiger partial charge in [-0.2, -0.15) is 0 Å². The number of anilines is 4. The van der Waals surface area contributed by atoms with Crippen LogP contribution in [0.15, 0.2) is 97.1 Å². The van der Waals surface area contributed by atoms with E-state index in [1.807, 2.05) is 0 Å². The zero-order valence-corrected chi connectivity index (χ0v) is 22.2. The highest BCUT2D eigenvalue weighted by Crippen LogP contribution is 2.59. The average molecular weight is 499 g/mol. The van der Waals surface area contributed by atoms with Crippen LogP contribution < -0.4 is 19.6 Å². The van der Waals surface area contributed by atoms with E-state index >= 15 is 0 Å². The Labute approximate surface area is 225 Å². The smallest absolute Gasteiger partial charge is 0.0901 e. The first-order valence-corrected chi connectivity index (χ1v) is 14.0. The lowest BCUT2D eigenvalue weighted by Crippen LogP contribution is -2.50. The van der Waals surface area contributed by atoms with Crippen molar-refractivity contribution in [2.24, 2.45) is 11.8 Å². The minimum absolute atomic E-state index is 0.422. The molecule has 4 aromatic carbocycles. The van der Waals surface area contributed by atoms with Gasteiger partial charge >= 0.3 is 0 Å². The summed E-state index contributed by atoms with van der Waals surface area (Å²) in [6, 6.07) is 36.5. The van der Waals surface area contributed by atoms with Crippen LogP contribution in [0.2, 0.25) is 0 Å². The first-order chi connectivity index (χ1) is 18.7. The fourth-order valence-corrected chi connectivity index (χ4v) is 8.13. The number of rotatable bonds is 4. The molecule has 0 N–H and O–H groups in total. The molecule has 0 radical (unpaired) electrons. The van der Waals surface area contributed by atoms with Crippen LogP contribution in [0.25, 0.3) is 0 Å². The fraction of sp³-hybridized carbons (Fsp3) is 0.294. The van der Waals surface area contributed by atoms with Gasteiger partial charge in [-0.1, -0.05) is 72.8 Å². The molecule has 4 heteroatoms.